The van der Waals surface area contributed by atoms with Gasteiger partial charge >= 0.3 is 5.69 Å². The van der Waals surface area contributed by atoms with Crippen LogP contribution in [-0.4, -0.2) is 14.5 Å². The van der Waals surface area contributed by atoms with E-state index in [1.165, 1.54) is 6.42 Å². The molecule has 0 radical (unpaired) electrons. The van der Waals surface area contributed by atoms with Crippen molar-refractivity contribution >= 4 is 17.1 Å². The summed E-state index contributed by atoms with van der Waals surface area (Å²) in [6.45, 7) is 7.15. The molecule has 120 valence electrons. The third-order valence-electron chi connectivity index (χ3n) is 7.11. The molecule has 4 nitrogen and oxygen atoms in total. The van der Waals surface area contributed by atoms with Crippen molar-refractivity contribution < 1.29 is 0 Å². The van der Waals surface area contributed by atoms with Crippen LogP contribution in [0, 0.1) is 23.2 Å². The van der Waals surface area contributed by atoms with Gasteiger partial charge in [-0.2, -0.15) is 0 Å². The normalized spacial score (nSPS) is 33.7. The van der Waals surface area contributed by atoms with E-state index < -0.39 is 0 Å². The number of pyridine rings is 1. The number of nitrogens with zero attached hydrogens (tertiary/aromatic N) is 2. The molecule has 0 spiro atoms. The van der Waals surface area contributed by atoms with E-state index >= 15 is 0 Å². The maximum Gasteiger partial charge on any atom is 0.326 e. The van der Waals surface area contributed by atoms with Gasteiger partial charge in [0.25, 0.3) is 0 Å². The third-order valence-corrected chi connectivity index (χ3v) is 7.11. The van der Waals surface area contributed by atoms with Crippen LogP contribution in [0.3, 0.4) is 0 Å². The van der Waals surface area contributed by atoms with Crippen LogP contribution in [0.15, 0.2) is 17.1 Å². The van der Waals surface area contributed by atoms with Crippen molar-refractivity contribution in [3.63, 3.8) is 0 Å². The van der Waals surface area contributed by atoms with E-state index in [1.807, 2.05) is 6.20 Å². The van der Waals surface area contributed by atoms with E-state index in [1.54, 1.807) is 0 Å². The molecule has 4 atom stereocenters. The third kappa shape index (κ3) is 1.57. The van der Waals surface area contributed by atoms with Gasteiger partial charge in [0.2, 0.25) is 0 Å². The second-order valence-corrected chi connectivity index (χ2v) is 8.31. The van der Waals surface area contributed by atoms with Crippen molar-refractivity contribution in [2.45, 2.75) is 46.1 Å². The fraction of sp³-hybridized carbons (Fsp3) is 0.579. The van der Waals surface area contributed by atoms with E-state index in [2.05, 4.69) is 47.5 Å². The molecular formula is C19H23N3O. The predicted octanol–water partition coefficient (Wildman–Crippen LogP) is 3.54. The van der Waals surface area contributed by atoms with Crippen LogP contribution in [0.2, 0.25) is 0 Å². The lowest BCUT2D eigenvalue weighted by atomic mass is 9.44. The van der Waals surface area contributed by atoms with Gasteiger partial charge in [-0.05, 0) is 36.0 Å². The van der Waals surface area contributed by atoms with Crippen LogP contribution in [0.5, 0.6) is 0 Å². The van der Waals surface area contributed by atoms with E-state index in [9.17, 15) is 4.79 Å². The lowest BCUT2D eigenvalue weighted by molar-refractivity contribution is -0.123. The van der Waals surface area contributed by atoms with Crippen molar-refractivity contribution in [2.24, 2.45) is 23.2 Å². The molecule has 0 aromatic carbocycles. The molecule has 0 saturated heterocycles. The number of H-pyrrole nitrogens is 1. The topological polar surface area (TPSA) is 50.7 Å². The number of fused-ring (bicyclic) bond motifs is 5. The summed E-state index contributed by atoms with van der Waals surface area (Å²) >= 11 is 0. The Bertz CT molecular complexity index is 901. The molecule has 4 aliphatic rings. The molecule has 0 aliphatic heterocycles. The van der Waals surface area contributed by atoms with Crippen molar-refractivity contribution in [1.29, 1.82) is 0 Å². The second kappa shape index (κ2) is 4.16. The molecule has 2 heterocycles. The lowest BCUT2D eigenvalue weighted by Crippen LogP contribution is -2.55. The molecule has 23 heavy (non-hydrogen) atoms. The Morgan fingerprint density at radius 2 is 2.17 bits per heavy atom. The van der Waals surface area contributed by atoms with E-state index in [-0.39, 0.29) is 5.69 Å². The Hall–Kier alpha value is -1.84. The minimum atomic E-state index is 0.0338. The summed E-state index contributed by atoms with van der Waals surface area (Å²) in [5.41, 5.74) is 4.67. The molecule has 2 aromatic heterocycles. The molecule has 6 rings (SSSR count). The summed E-state index contributed by atoms with van der Waals surface area (Å²) < 4.78 is 2.06. The standard InChI is InChI=1S/C19H23N3O/c1-10-13-7-11(19(13,2)3)8-16(10)22-17-12-5-4-6-14(12)20-9-15(17)21-18(22)23/h4-5,9-11,13,16H,6-8H2,1-3H3,(H,21,23)/t10-,11+,13-,16-/m0/s1. The van der Waals surface area contributed by atoms with E-state index in [0.717, 1.165) is 47.0 Å². The minimum absolute atomic E-state index is 0.0338. The maximum atomic E-state index is 12.7. The van der Waals surface area contributed by atoms with Crippen molar-refractivity contribution in [3.05, 3.63) is 34.0 Å². The van der Waals surface area contributed by atoms with Crippen molar-refractivity contribution in [2.75, 3.05) is 0 Å². The number of hydrogen-bond acceptors (Lipinski definition) is 2. The Labute approximate surface area is 135 Å². The summed E-state index contributed by atoms with van der Waals surface area (Å²) in [6, 6.07) is 0.313. The van der Waals surface area contributed by atoms with Gasteiger partial charge < -0.3 is 4.98 Å². The average molecular weight is 309 g/mol. The first-order valence-electron chi connectivity index (χ1n) is 8.77. The van der Waals surface area contributed by atoms with Crippen molar-refractivity contribution in [3.8, 4) is 0 Å². The highest BCUT2D eigenvalue weighted by Crippen LogP contribution is 2.64. The molecule has 2 bridgehead atoms. The van der Waals surface area contributed by atoms with Gasteiger partial charge in [-0.3, -0.25) is 9.55 Å². The predicted molar refractivity (Wildman–Crippen MR) is 91.3 cm³/mol. The number of allylic oxidation sites excluding steroid dienone is 1. The van der Waals surface area contributed by atoms with Gasteiger partial charge in [-0.15, -0.1) is 0 Å². The van der Waals surface area contributed by atoms with Crippen LogP contribution in [0.25, 0.3) is 17.1 Å². The quantitative estimate of drug-likeness (QED) is 0.876. The second-order valence-electron chi connectivity index (χ2n) is 8.31. The molecule has 2 aromatic rings. The van der Waals surface area contributed by atoms with Gasteiger partial charge in [0.15, 0.2) is 0 Å². The number of rotatable bonds is 1. The highest BCUT2D eigenvalue weighted by molar-refractivity contribution is 5.87. The Morgan fingerprint density at radius 1 is 1.35 bits per heavy atom. The first-order chi connectivity index (χ1) is 11.0. The Morgan fingerprint density at radius 3 is 2.91 bits per heavy atom. The largest absolute Gasteiger partial charge is 0.326 e. The van der Waals surface area contributed by atoms with Crippen LogP contribution in [0.1, 0.15) is 50.9 Å². The summed E-state index contributed by atoms with van der Waals surface area (Å²) in [5.74, 6) is 2.02. The smallest absolute Gasteiger partial charge is 0.304 e. The number of hydrogen-bond donors (Lipinski definition) is 1. The molecule has 3 saturated carbocycles. The highest BCUT2D eigenvalue weighted by Gasteiger charge is 2.57. The van der Waals surface area contributed by atoms with Gasteiger partial charge in [0.05, 0.1) is 22.9 Å². The lowest BCUT2D eigenvalue weighted by Gasteiger charge is -2.62. The van der Waals surface area contributed by atoms with Crippen LogP contribution >= 0.6 is 0 Å². The summed E-state index contributed by atoms with van der Waals surface area (Å²) in [7, 11) is 0. The van der Waals surface area contributed by atoms with Crippen LogP contribution < -0.4 is 5.69 Å². The first kappa shape index (κ1) is 13.6. The van der Waals surface area contributed by atoms with Crippen LogP contribution in [0.4, 0.5) is 0 Å². The first-order valence-corrected chi connectivity index (χ1v) is 8.77. The molecule has 4 aliphatic carbocycles. The van der Waals surface area contributed by atoms with E-state index in [4.69, 9.17) is 0 Å². The fourth-order valence-electron chi connectivity index (χ4n) is 5.59. The van der Waals surface area contributed by atoms with Gasteiger partial charge in [-0.25, -0.2) is 4.79 Å². The SMILES string of the molecule is C[C@@H]1[C@@H](n2c(=O)[nH]c3cnc4c(c32)C=CC4)C[C@H]2C[C@@H]1C2(C)C. The number of nitrogens with one attached hydrogen (secondary N) is 1. The summed E-state index contributed by atoms with van der Waals surface area (Å²) in [6.07, 6.45) is 9.44. The Balaban J connectivity index is 1.70. The van der Waals surface area contributed by atoms with Gasteiger partial charge in [0.1, 0.15) is 0 Å². The summed E-state index contributed by atoms with van der Waals surface area (Å²) in [4.78, 5) is 20.3. The zero-order chi connectivity index (χ0) is 15.9. The molecule has 0 unspecified atom stereocenters. The molecular weight excluding hydrogens is 286 g/mol. The monoisotopic (exact) mass is 309 g/mol. The van der Waals surface area contributed by atoms with Gasteiger partial charge in [0, 0.05) is 18.0 Å². The molecule has 0 amide bonds. The molecule has 3 fully saturated rings. The number of aromatic amines is 1. The molecule has 4 heteroatoms. The fourth-order valence-corrected chi connectivity index (χ4v) is 5.59. The average Bonchev–Trinajstić information content (AvgIpc) is 3.09. The summed E-state index contributed by atoms with van der Waals surface area (Å²) in [5, 5.41) is 0. The number of aromatic nitrogens is 3. The van der Waals surface area contributed by atoms with E-state index in [0.29, 0.717) is 17.4 Å². The zero-order valence-electron chi connectivity index (χ0n) is 14.0. The minimum Gasteiger partial charge on any atom is -0.304 e. The molecule has 1 N–H and O–H groups in total. The highest BCUT2D eigenvalue weighted by atomic mass is 16.1. The van der Waals surface area contributed by atoms with Crippen molar-refractivity contribution in [1.82, 2.24) is 14.5 Å². The Kier molecular flexibility index (Phi) is 2.46. The van der Waals surface area contributed by atoms with Gasteiger partial charge in [-0.1, -0.05) is 32.9 Å². The number of imidazole rings is 1. The maximum absolute atomic E-state index is 12.7. The zero-order valence-corrected chi connectivity index (χ0v) is 14.0. The van der Waals surface area contributed by atoms with Crippen LogP contribution in [-0.2, 0) is 6.42 Å².